The Morgan fingerprint density at radius 2 is 1.95 bits per heavy atom. The van der Waals surface area contributed by atoms with Crippen molar-refractivity contribution in [1.82, 2.24) is 10.3 Å². The maximum atomic E-state index is 5.34. The topological polar surface area (TPSA) is 37.0 Å². The van der Waals surface area contributed by atoms with Crippen LogP contribution in [0, 0.1) is 6.92 Å². The summed E-state index contributed by atoms with van der Waals surface area (Å²) < 4.78 is 0. The summed E-state index contributed by atoms with van der Waals surface area (Å²) in [7, 11) is 0. The molecule has 1 aromatic heterocycles. The van der Waals surface area contributed by atoms with Gasteiger partial charge in [0.15, 0.2) is 5.11 Å². The summed E-state index contributed by atoms with van der Waals surface area (Å²) in [5.74, 6) is 0.810. The van der Waals surface area contributed by atoms with Gasteiger partial charge in [-0.1, -0.05) is 36.4 Å². The largest absolute Gasteiger partial charge is 0.360 e. The number of anilines is 1. The smallest absolute Gasteiger partial charge is 0.172 e. The Balaban J connectivity index is 1.78. The van der Waals surface area contributed by atoms with E-state index in [9.17, 15) is 0 Å². The van der Waals surface area contributed by atoms with Gasteiger partial charge in [-0.05, 0) is 56.1 Å². The van der Waals surface area contributed by atoms with E-state index in [2.05, 4.69) is 46.8 Å². The lowest BCUT2D eigenvalue weighted by Gasteiger charge is -2.17. The molecule has 1 atom stereocenters. The molecule has 4 heteroatoms. The Morgan fingerprint density at radius 3 is 2.67 bits per heavy atom. The second-order valence-electron chi connectivity index (χ2n) is 5.19. The highest BCUT2D eigenvalue weighted by Gasteiger charge is 2.06. The third-order valence-electron chi connectivity index (χ3n) is 3.33. The summed E-state index contributed by atoms with van der Waals surface area (Å²) >= 11 is 5.34. The van der Waals surface area contributed by atoms with E-state index >= 15 is 0 Å². The van der Waals surface area contributed by atoms with Crippen LogP contribution < -0.4 is 10.6 Å². The fourth-order valence-corrected chi connectivity index (χ4v) is 2.38. The van der Waals surface area contributed by atoms with E-state index in [0.717, 1.165) is 24.2 Å². The molecule has 2 N–H and O–H groups in total. The van der Waals surface area contributed by atoms with Gasteiger partial charge in [-0.25, -0.2) is 4.98 Å². The molecule has 1 heterocycles. The molecule has 0 fully saturated rings. The van der Waals surface area contributed by atoms with Gasteiger partial charge in [0, 0.05) is 12.2 Å². The Bertz CT molecular complexity index is 584. The second-order valence-corrected chi connectivity index (χ2v) is 5.60. The van der Waals surface area contributed by atoms with Crippen LogP contribution in [0.25, 0.3) is 0 Å². The molecule has 2 aromatic rings. The van der Waals surface area contributed by atoms with Crippen molar-refractivity contribution < 1.29 is 0 Å². The van der Waals surface area contributed by atoms with Gasteiger partial charge >= 0.3 is 0 Å². The van der Waals surface area contributed by atoms with Gasteiger partial charge in [0.25, 0.3) is 0 Å². The van der Waals surface area contributed by atoms with Crippen LogP contribution in [0.5, 0.6) is 0 Å². The van der Waals surface area contributed by atoms with Crippen LogP contribution in [0.15, 0.2) is 48.7 Å². The summed E-state index contributed by atoms with van der Waals surface area (Å²) in [4.78, 5) is 4.28. The first-order valence-electron chi connectivity index (χ1n) is 7.18. The van der Waals surface area contributed by atoms with Crippen LogP contribution >= 0.6 is 12.2 Å². The number of aryl methyl sites for hydroxylation is 2. The third kappa shape index (κ3) is 5.16. The fraction of sp³-hybridized carbons (Fsp3) is 0.294. The standard InChI is InChI=1S/C17H21N3S/c1-13-7-6-12-18-16(13)20-17(21)19-14(2)10-11-15-8-4-3-5-9-15/h3-9,12,14H,10-11H2,1-2H3,(H2,18,19,20,21). The molecule has 21 heavy (non-hydrogen) atoms. The fourth-order valence-electron chi connectivity index (χ4n) is 2.08. The monoisotopic (exact) mass is 299 g/mol. The maximum absolute atomic E-state index is 5.34. The number of rotatable bonds is 5. The lowest BCUT2D eigenvalue weighted by Crippen LogP contribution is -2.36. The molecule has 2 rings (SSSR count). The highest BCUT2D eigenvalue weighted by atomic mass is 32.1. The van der Waals surface area contributed by atoms with Gasteiger partial charge in [0.2, 0.25) is 0 Å². The van der Waals surface area contributed by atoms with Crippen molar-refractivity contribution in [1.29, 1.82) is 0 Å². The first-order valence-corrected chi connectivity index (χ1v) is 7.59. The van der Waals surface area contributed by atoms with Crippen molar-refractivity contribution >= 4 is 23.1 Å². The summed E-state index contributed by atoms with van der Waals surface area (Å²) in [6.45, 7) is 4.15. The highest BCUT2D eigenvalue weighted by molar-refractivity contribution is 7.80. The van der Waals surface area contributed by atoms with Crippen LogP contribution in [0.3, 0.4) is 0 Å². The zero-order valence-electron chi connectivity index (χ0n) is 12.5. The van der Waals surface area contributed by atoms with E-state index in [-0.39, 0.29) is 0 Å². The number of nitrogens with one attached hydrogen (secondary N) is 2. The molecule has 0 radical (unpaired) electrons. The predicted molar refractivity (Wildman–Crippen MR) is 92.6 cm³/mol. The van der Waals surface area contributed by atoms with E-state index < -0.39 is 0 Å². The average molecular weight is 299 g/mol. The Hall–Kier alpha value is -1.94. The summed E-state index contributed by atoms with van der Waals surface area (Å²) in [6, 6.07) is 14.7. The normalized spacial score (nSPS) is 11.7. The summed E-state index contributed by atoms with van der Waals surface area (Å²) in [5.41, 5.74) is 2.43. The molecule has 110 valence electrons. The number of hydrogen-bond acceptors (Lipinski definition) is 2. The SMILES string of the molecule is Cc1cccnc1NC(=S)NC(C)CCc1ccccc1. The Labute approximate surface area is 131 Å². The van der Waals surface area contributed by atoms with Crippen molar-refractivity contribution in [3.8, 4) is 0 Å². The lowest BCUT2D eigenvalue weighted by atomic mass is 10.1. The summed E-state index contributed by atoms with van der Waals surface area (Å²) in [5, 5.41) is 7.08. The van der Waals surface area contributed by atoms with Gasteiger partial charge in [0.05, 0.1) is 0 Å². The highest BCUT2D eigenvalue weighted by Crippen LogP contribution is 2.09. The molecule has 0 aliphatic rings. The summed E-state index contributed by atoms with van der Waals surface area (Å²) in [6.07, 6.45) is 3.84. The quantitative estimate of drug-likeness (QED) is 0.826. The molecule has 1 aromatic carbocycles. The van der Waals surface area contributed by atoms with E-state index in [0.29, 0.717) is 11.2 Å². The number of benzene rings is 1. The van der Waals surface area contributed by atoms with Crippen molar-refractivity contribution in [3.63, 3.8) is 0 Å². The molecular formula is C17H21N3S. The van der Waals surface area contributed by atoms with E-state index in [1.165, 1.54) is 5.56 Å². The molecular weight excluding hydrogens is 278 g/mol. The first kappa shape index (κ1) is 15.4. The number of hydrogen-bond donors (Lipinski definition) is 2. The van der Waals surface area contributed by atoms with E-state index in [4.69, 9.17) is 12.2 Å². The third-order valence-corrected chi connectivity index (χ3v) is 3.55. The van der Waals surface area contributed by atoms with Crippen molar-refractivity contribution in [2.45, 2.75) is 32.7 Å². The number of pyridine rings is 1. The molecule has 3 nitrogen and oxygen atoms in total. The van der Waals surface area contributed by atoms with Crippen molar-refractivity contribution in [2.75, 3.05) is 5.32 Å². The van der Waals surface area contributed by atoms with Crippen LogP contribution in [-0.4, -0.2) is 16.1 Å². The maximum Gasteiger partial charge on any atom is 0.172 e. The lowest BCUT2D eigenvalue weighted by molar-refractivity contribution is 0.609. The number of thiocarbonyl (C=S) groups is 1. The molecule has 1 unspecified atom stereocenters. The second kappa shape index (κ2) is 7.74. The van der Waals surface area contributed by atoms with E-state index in [1.54, 1.807) is 6.20 Å². The van der Waals surface area contributed by atoms with Crippen molar-refractivity contribution in [2.24, 2.45) is 0 Å². The molecule has 0 bridgehead atoms. The van der Waals surface area contributed by atoms with Gasteiger partial charge < -0.3 is 10.6 Å². The zero-order chi connectivity index (χ0) is 15.1. The Morgan fingerprint density at radius 1 is 1.19 bits per heavy atom. The first-order chi connectivity index (χ1) is 10.1. The minimum Gasteiger partial charge on any atom is -0.360 e. The molecule has 0 aliphatic carbocycles. The van der Waals surface area contributed by atoms with Crippen molar-refractivity contribution in [3.05, 3.63) is 59.8 Å². The van der Waals surface area contributed by atoms with Gasteiger partial charge in [-0.3, -0.25) is 0 Å². The minimum atomic E-state index is 0.314. The number of aromatic nitrogens is 1. The Kier molecular flexibility index (Phi) is 5.69. The van der Waals surface area contributed by atoms with Crippen LogP contribution in [-0.2, 0) is 6.42 Å². The van der Waals surface area contributed by atoms with Crippen LogP contribution in [0.4, 0.5) is 5.82 Å². The predicted octanol–water partition coefficient (Wildman–Crippen LogP) is 3.70. The average Bonchev–Trinajstić information content (AvgIpc) is 2.48. The minimum absolute atomic E-state index is 0.314. The molecule has 0 aliphatic heterocycles. The number of nitrogens with zero attached hydrogens (tertiary/aromatic N) is 1. The van der Waals surface area contributed by atoms with Gasteiger partial charge in [-0.15, -0.1) is 0 Å². The molecule has 0 spiro atoms. The molecule has 0 saturated heterocycles. The zero-order valence-corrected chi connectivity index (χ0v) is 13.3. The van der Waals surface area contributed by atoms with E-state index in [1.807, 2.05) is 25.1 Å². The van der Waals surface area contributed by atoms with Crippen LogP contribution in [0.2, 0.25) is 0 Å². The van der Waals surface area contributed by atoms with Crippen LogP contribution in [0.1, 0.15) is 24.5 Å². The molecule has 0 saturated carbocycles. The van der Waals surface area contributed by atoms with Gasteiger partial charge in [-0.2, -0.15) is 0 Å². The van der Waals surface area contributed by atoms with Gasteiger partial charge in [0.1, 0.15) is 5.82 Å². The molecule has 0 amide bonds.